The summed E-state index contributed by atoms with van der Waals surface area (Å²) in [6, 6.07) is 0.401. The summed E-state index contributed by atoms with van der Waals surface area (Å²) in [6.45, 7) is 17.1. The van der Waals surface area contributed by atoms with Crippen LogP contribution in [0.2, 0.25) is 0 Å². The number of hydrogen-bond acceptors (Lipinski definition) is 1. The first kappa shape index (κ1) is 21.7. The van der Waals surface area contributed by atoms with Gasteiger partial charge in [0.05, 0.1) is 0 Å². The summed E-state index contributed by atoms with van der Waals surface area (Å²) in [6.07, 6.45) is 18.5. The summed E-state index contributed by atoms with van der Waals surface area (Å²) >= 11 is 0. The second kappa shape index (κ2) is 7.54. The Kier molecular flexibility index (Phi) is 5.63. The van der Waals surface area contributed by atoms with Crippen LogP contribution >= 0.6 is 0 Å². The molecular weight excluding hydrogens is 350 g/mol. The summed E-state index contributed by atoms with van der Waals surface area (Å²) in [7, 11) is 0. The quantitative estimate of drug-likeness (QED) is 0.442. The van der Waals surface area contributed by atoms with Gasteiger partial charge >= 0.3 is 0 Å². The van der Waals surface area contributed by atoms with Gasteiger partial charge in [-0.15, -0.1) is 0 Å². The van der Waals surface area contributed by atoms with Crippen molar-refractivity contribution in [3.63, 3.8) is 0 Å². The minimum atomic E-state index is 0.258. The Hall–Kier alpha value is -0.560. The van der Waals surface area contributed by atoms with Crippen molar-refractivity contribution in [2.24, 2.45) is 51.6 Å². The number of nitrogens with two attached hydrogens (primary N) is 1. The van der Waals surface area contributed by atoms with Crippen molar-refractivity contribution in [2.45, 2.75) is 105 Å². The lowest BCUT2D eigenvalue weighted by Crippen LogP contribution is -2.73. The Bertz CT molecular complexity index is 659. The van der Waals surface area contributed by atoms with Crippen molar-refractivity contribution in [1.82, 2.24) is 0 Å². The fourth-order valence-corrected chi connectivity index (χ4v) is 8.94. The summed E-state index contributed by atoms with van der Waals surface area (Å²) < 4.78 is 0. The molecule has 1 spiro atoms. The molecule has 0 heterocycles. The van der Waals surface area contributed by atoms with Gasteiger partial charge in [0.2, 0.25) is 0 Å². The van der Waals surface area contributed by atoms with E-state index in [0.717, 1.165) is 24.2 Å². The van der Waals surface area contributed by atoms with Gasteiger partial charge in [-0.2, -0.15) is 0 Å². The van der Waals surface area contributed by atoms with E-state index in [2.05, 4.69) is 46.8 Å². The lowest BCUT2D eigenvalue weighted by Gasteiger charge is -2.79. The molecule has 29 heavy (non-hydrogen) atoms. The van der Waals surface area contributed by atoms with Crippen molar-refractivity contribution >= 4 is 0 Å². The third kappa shape index (κ3) is 2.81. The molecule has 3 saturated carbocycles. The number of rotatable bonds is 7. The maximum absolute atomic E-state index is 6.70. The molecule has 0 saturated heterocycles. The Morgan fingerprint density at radius 2 is 2.00 bits per heavy atom. The zero-order valence-electron chi connectivity index (χ0n) is 20.0. The molecule has 0 radical (unpaired) electrons. The average molecular weight is 398 g/mol. The van der Waals surface area contributed by atoms with Crippen molar-refractivity contribution in [3.8, 4) is 0 Å². The monoisotopic (exact) mass is 397 g/mol. The smallest absolute Gasteiger partial charge is 0.00699 e. The molecule has 0 amide bonds. The second-order valence-electron chi connectivity index (χ2n) is 11.8. The highest BCUT2D eigenvalue weighted by molar-refractivity contribution is 5.30. The molecule has 2 N–H and O–H groups in total. The number of allylic oxidation sites excluding steroid dienone is 3. The van der Waals surface area contributed by atoms with Crippen LogP contribution in [0, 0.1) is 45.8 Å². The summed E-state index contributed by atoms with van der Waals surface area (Å²) in [5, 5.41) is 0. The van der Waals surface area contributed by atoms with Crippen LogP contribution in [0.25, 0.3) is 0 Å². The summed E-state index contributed by atoms with van der Waals surface area (Å²) in [4.78, 5) is 0. The van der Waals surface area contributed by atoms with Gasteiger partial charge in [0, 0.05) is 6.04 Å². The highest BCUT2D eigenvalue weighted by Crippen LogP contribution is 2.82. The highest BCUT2D eigenvalue weighted by atomic mass is 14.8. The molecule has 1 heteroatoms. The summed E-state index contributed by atoms with van der Waals surface area (Å²) in [5.74, 6) is 3.78. The van der Waals surface area contributed by atoms with Crippen LogP contribution in [0.4, 0.5) is 0 Å². The van der Waals surface area contributed by atoms with E-state index in [-0.39, 0.29) is 5.41 Å². The van der Waals surface area contributed by atoms with Crippen molar-refractivity contribution < 1.29 is 0 Å². The fraction of sp³-hybridized carbons (Fsp3) is 0.857. The third-order valence-corrected chi connectivity index (χ3v) is 11.3. The predicted molar refractivity (Wildman–Crippen MR) is 126 cm³/mol. The van der Waals surface area contributed by atoms with Crippen LogP contribution < -0.4 is 5.73 Å². The SMILES string of the molecule is C=C([C@H](C)C12CCC13CCC(C)C([C@H](N)CC)C3C2)[C@@](C)(CC)C1C=CCCC1. The van der Waals surface area contributed by atoms with Gasteiger partial charge in [-0.3, -0.25) is 0 Å². The predicted octanol–water partition coefficient (Wildman–Crippen LogP) is 7.52. The molecule has 4 rings (SSSR count). The minimum absolute atomic E-state index is 0.258. The van der Waals surface area contributed by atoms with Gasteiger partial charge in [-0.1, -0.05) is 58.9 Å². The molecule has 4 aliphatic carbocycles. The van der Waals surface area contributed by atoms with E-state index in [4.69, 9.17) is 12.3 Å². The molecule has 0 aromatic heterocycles. The molecular formula is C28H47N. The van der Waals surface area contributed by atoms with E-state index in [1.165, 1.54) is 57.8 Å². The maximum atomic E-state index is 6.70. The van der Waals surface area contributed by atoms with Gasteiger partial charge in [0.1, 0.15) is 0 Å². The lowest BCUT2D eigenvalue weighted by molar-refractivity contribution is -0.297. The van der Waals surface area contributed by atoms with Crippen LogP contribution in [0.5, 0.6) is 0 Å². The van der Waals surface area contributed by atoms with Crippen LogP contribution in [0.15, 0.2) is 24.3 Å². The Morgan fingerprint density at radius 1 is 1.24 bits per heavy atom. The molecule has 0 bridgehead atoms. The first-order valence-electron chi connectivity index (χ1n) is 12.9. The molecule has 3 fully saturated rings. The van der Waals surface area contributed by atoms with Gasteiger partial charge in [0.25, 0.3) is 0 Å². The second-order valence-corrected chi connectivity index (χ2v) is 11.8. The molecule has 6 unspecified atom stereocenters. The van der Waals surface area contributed by atoms with Gasteiger partial charge in [-0.05, 0) is 110 Å². The standard InChI is InChI=1S/C28H47N/c1-7-24(29)25-19(3)14-15-27-16-17-28(27,18-23(25)27)21(5)20(4)26(6,8-2)22-12-10-9-11-13-22/h10,12,19,21-25H,4,7-9,11,13-18,29H2,1-3,5-6H3/t19?,21-,22?,23?,24+,25?,26+,27?,28?/m0/s1. The van der Waals surface area contributed by atoms with Crippen molar-refractivity contribution in [2.75, 3.05) is 0 Å². The van der Waals surface area contributed by atoms with Gasteiger partial charge in [-0.25, -0.2) is 0 Å². The van der Waals surface area contributed by atoms with E-state index < -0.39 is 0 Å². The van der Waals surface area contributed by atoms with Gasteiger partial charge in [0.15, 0.2) is 0 Å². The fourth-order valence-electron chi connectivity index (χ4n) is 8.94. The summed E-state index contributed by atoms with van der Waals surface area (Å²) in [5.41, 5.74) is 9.66. The minimum Gasteiger partial charge on any atom is -0.327 e. The average Bonchev–Trinajstić information content (AvgIpc) is 2.75. The van der Waals surface area contributed by atoms with Crippen molar-refractivity contribution in [3.05, 3.63) is 24.3 Å². The van der Waals surface area contributed by atoms with Crippen LogP contribution in [-0.4, -0.2) is 6.04 Å². The Morgan fingerprint density at radius 3 is 2.55 bits per heavy atom. The van der Waals surface area contributed by atoms with E-state index in [0.29, 0.717) is 28.7 Å². The van der Waals surface area contributed by atoms with E-state index in [9.17, 15) is 0 Å². The van der Waals surface area contributed by atoms with Crippen LogP contribution in [0.3, 0.4) is 0 Å². The molecule has 0 aromatic rings. The topological polar surface area (TPSA) is 26.0 Å². The third-order valence-electron chi connectivity index (χ3n) is 11.3. The highest BCUT2D eigenvalue weighted by Gasteiger charge is 2.75. The Balaban J connectivity index is 1.58. The molecule has 164 valence electrons. The van der Waals surface area contributed by atoms with E-state index in [1.807, 2.05) is 0 Å². The van der Waals surface area contributed by atoms with Crippen molar-refractivity contribution in [1.29, 1.82) is 0 Å². The normalized spacial score (nSPS) is 45.0. The number of hydrogen-bond donors (Lipinski definition) is 1. The largest absolute Gasteiger partial charge is 0.327 e. The molecule has 0 aliphatic heterocycles. The zero-order chi connectivity index (χ0) is 21.0. The van der Waals surface area contributed by atoms with Crippen LogP contribution in [-0.2, 0) is 0 Å². The molecule has 1 nitrogen and oxygen atoms in total. The zero-order valence-corrected chi connectivity index (χ0v) is 20.0. The van der Waals surface area contributed by atoms with Crippen LogP contribution in [0.1, 0.15) is 98.8 Å². The van der Waals surface area contributed by atoms with E-state index >= 15 is 0 Å². The molecule has 0 aromatic carbocycles. The Labute approximate surface area is 181 Å². The van der Waals surface area contributed by atoms with E-state index in [1.54, 1.807) is 5.57 Å². The van der Waals surface area contributed by atoms with Gasteiger partial charge < -0.3 is 5.73 Å². The lowest BCUT2D eigenvalue weighted by atomic mass is 9.25. The maximum Gasteiger partial charge on any atom is 0.00699 e. The molecule has 4 aliphatic rings. The first-order valence-corrected chi connectivity index (χ1v) is 12.9. The first-order chi connectivity index (χ1) is 13.8. The molecule has 9 atom stereocenters.